The van der Waals surface area contributed by atoms with Crippen LogP contribution in [0.5, 0.6) is 6.01 Å². The number of anilines is 1. The van der Waals surface area contributed by atoms with Gasteiger partial charge in [0.05, 0.1) is 23.1 Å². The number of piperazine rings is 1. The minimum atomic E-state index is -0.912. The Balaban J connectivity index is 1.24. The standard InChI is InChI=1S/C35H35ClF2N6O3/c1-2-27(45)44-14-13-42(19-35(44)11-15-46-20-35)32-25-17-39-30(24-8-3-6-22-7-4-9-26(36)28(22)24)29(38)31(25)40-33(41-32)47-21-34-10-5-12-43(34)18-23(37)16-34/h2-4,6-9,17,23H,1,5,10-16,18-21H2/t23-,34+,35-/m1/s1. The van der Waals surface area contributed by atoms with Crippen LogP contribution < -0.4 is 9.64 Å². The lowest BCUT2D eigenvalue weighted by Gasteiger charge is -2.48. The maximum atomic E-state index is 16.8. The molecule has 2 aromatic carbocycles. The molecule has 3 atom stereocenters. The van der Waals surface area contributed by atoms with Crippen LogP contribution in [0.2, 0.25) is 5.02 Å². The Kier molecular flexibility index (Phi) is 7.53. The Morgan fingerprint density at radius 3 is 2.83 bits per heavy atom. The van der Waals surface area contributed by atoms with E-state index in [1.165, 1.54) is 6.08 Å². The van der Waals surface area contributed by atoms with E-state index < -0.39 is 23.1 Å². The molecule has 0 radical (unpaired) electrons. The van der Waals surface area contributed by atoms with E-state index in [4.69, 9.17) is 26.1 Å². The number of hydrogen-bond acceptors (Lipinski definition) is 8. The molecule has 47 heavy (non-hydrogen) atoms. The van der Waals surface area contributed by atoms with E-state index in [2.05, 4.69) is 21.4 Å². The topological polar surface area (TPSA) is 83.9 Å². The summed E-state index contributed by atoms with van der Waals surface area (Å²) < 4.78 is 43.5. The van der Waals surface area contributed by atoms with Crippen molar-refractivity contribution in [3.63, 3.8) is 0 Å². The van der Waals surface area contributed by atoms with Crippen LogP contribution in [0, 0.1) is 5.82 Å². The third-order valence-electron chi connectivity index (χ3n) is 10.5. The van der Waals surface area contributed by atoms with Crippen LogP contribution in [0.1, 0.15) is 25.7 Å². The normalized spacial score (nSPS) is 26.1. The molecule has 9 nitrogen and oxygen atoms in total. The van der Waals surface area contributed by atoms with Gasteiger partial charge in [-0.3, -0.25) is 14.7 Å². The lowest BCUT2D eigenvalue weighted by atomic mass is 9.92. The first-order valence-corrected chi connectivity index (χ1v) is 16.5. The Bertz CT molecular complexity index is 1900. The molecule has 1 spiro atoms. The monoisotopic (exact) mass is 660 g/mol. The number of pyridine rings is 1. The predicted octanol–water partition coefficient (Wildman–Crippen LogP) is 5.59. The van der Waals surface area contributed by atoms with E-state index in [0.29, 0.717) is 79.4 Å². The molecule has 4 aromatic rings. The summed E-state index contributed by atoms with van der Waals surface area (Å²) in [5, 5.41) is 2.48. The first-order valence-electron chi connectivity index (χ1n) is 16.1. The molecule has 0 N–H and O–H groups in total. The number of amides is 1. The number of nitrogens with zero attached hydrogens (tertiary/aromatic N) is 6. The Morgan fingerprint density at radius 2 is 2.02 bits per heavy atom. The van der Waals surface area contributed by atoms with Crippen molar-refractivity contribution < 1.29 is 23.0 Å². The summed E-state index contributed by atoms with van der Waals surface area (Å²) >= 11 is 6.62. The van der Waals surface area contributed by atoms with Gasteiger partial charge in [-0.1, -0.05) is 48.5 Å². The number of alkyl halides is 1. The number of hydrogen-bond donors (Lipinski definition) is 0. The van der Waals surface area contributed by atoms with Gasteiger partial charge in [-0.15, -0.1) is 0 Å². The number of fused-ring (bicyclic) bond motifs is 3. The highest BCUT2D eigenvalue weighted by Gasteiger charge is 2.50. The summed E-state index contributed by atoms with van der Waals surface area (Å²) in [5.74, 6) is -0.305. The van der Waals surface area contributed by atoms with Crippen molar-refractivity contribution in [2.24, 2.45) is 0 Å². The molecule has 8 rings (SSSR count). The second-order valence-electron chi connectivity index (χ2n) is 13.2. The molecule has 6 heterocycles. The summed E-state index contributed by atoms with van der Waals surface area (Å²) in [4.78, 5) is 33.0. The number of carbonyl (C=O) groups excluding carboxylic acids is 1. The van der Waals surface area contributed by atoms with Crippen molar-refractivity contribution >= 4 is 45.0 Å². The fourth-order valence-electron chi connectivity index (χ4n) is 8.20. The molecule has 4 aliphatic heterocycles. The van der Waals surface area contributed by atoms with E-state index in [0.717, 1.165) is 24.8 Å². The maximum Gasteiger partial charge on any atom is 0.319 e. The van der Waals surface area contributed by atoms with Crippen LogP contribution in [-0.4, -0.2) is 100 Å². The van der Waals surface area contributed by atoms with Crippen molar-refractivity contribution in [1.82, 2.24) is 24.8 Å². The van der Waals surface area contributed by atoms with E-state index in [-0.39, 0.29) is 29.7 Å². The number of rotatable bonds is 6. The molecule has 0 saturated carbocycles. The number of benzene rings is 2. The second kappa shape index (κ2) is 11.6. The van der Waals surface area contributed by atoms with Gasteiger partial charge in [-0.05, 0) is 43.3 Å². The van der Waals surface area contributed by atoms with Gasteiger partial charge in [0.25, 0.3) is 0 Å². The van der Waals surface area contributed by atoms with Crippen molar-refractivity contribution in [2.45, 2.75) is 42.9 Å². The fourth-order valence-corrected chi connectivity index (χ4v) is 8.49. The van der Waals surface area contributed by atoms with Crippen LogP contribution in [0.15, 0.2) is 55.3 Å². The van der Waals surface area contributed by atoms with Gasteiger partial charge in [0.2, 0.25) is 5.91 Å². The third kappa shape index (κ3) is 5.01. The molecule has 12 heteroatoms. The Hall–Kier alpha value is -3.93. The van der Waals surface area contributed by atoms with Gasteiger partial charge < -0.3 is 19.3 Å². The number of ether oxygens (including phenoxy) is 2. The molecular weight excluding hydrogens is 626 g/mol. The second-order valence-corrected chi connectivity index (χ2v) is 13.6. The van der Waals surface area contributed by atoms with Crippen molar-refractivity contribution in [2.75, 3.05) is 57.4 Å². The zero-order valence-electron chi connectivity index (χ0n) is 25.9. The maximum absolute atomic E-state index is 16.8. The lowest BCUT2D eigenvalue weighted by Crippen LogP contribution is -2.64. The molecule has 1 amide bonds. The highest BCUT2D eigenvalue weighted by molar-refractivity contribution is 6.36. The molecule has 0 unspecified atom stereocenters. The summed E-state index contributed by atoms with van der Waals surface area (Å²) in [6.45, 7) is 7.28. The molecule has 0 aliphatic carbocycles. The first-order chi connectivity index (χ1) is 22.8. The molecule has 4 aliphatic rings. The van der Waals surface area contributed by atoms with E-state index in [1.807, 2.05) is 34.1 Å². The van der Waals surface area contributed by atoms with Crippen molar-refractivity contribution in [3.8, 4) is 17.3 Å². The number of carbonyl (C=O) groups is 1. The van der Waals surface area contributed by atoms with E-state index >= 15 is 4.39 Å². The van der Waals surface area contributed by atoms with Gasteiger partial charge in [0.15, 0.2) is 5.82 Å². The molecule has 0 bridgehead atoms. The van der Waals surface area contributed by atoms with Gasteiger partial charge in [-0.2, -0.15) is 9.97 Å². The molecule has 244 valence electrons. The van der Waals surface area contributed by atoms with Crippen LogP contribution in [-0.2, 0) is 9.53 Å². The summed E-state index contributed by atoms with van der Waals surface area (Å²) in [6, 6.07) is 11.1. The minimum absolute atomic E-state index is 0.0179. The molecular formula is C35H35ClF2N6O3. The zero-order valence-corrected chi connectivity index (χ0v) is 26.7. The Morgan fingerprint density at radius 1 is 1.17 bits per heavy atom. The quantitative estimate of drug-likeness (QED) is 0.248. The van der Waals surface area contributed by atoms with Gasteiger partial charge in [0.1, 0.15) is 29.8 Å². The minimum Gasteiger partial charge on any atom is -0.461 e. The average molecular weight is 661 g/mol. The van der Waals surface area contributed by atoms with Crippen LogP contribution in [0.25, 0.3) is 32.9 Å². The average Bonchev–Trinajstić information content (AvgIpc) is 3.78. The third-order valence-corrected chi connectivity index (χ3v) is 10.8. The summed E-state index contributed by atoms with van der Waals surface area (Å²) in [5.41, 5.74) is -0.284. The van der Waals surface area contributed by atoms with Gasteiger partial charge >= 0.3 is 6.01 Å². The largest absolute Gasteiger partial charge is 0.461 e. The Labute approximate surface area is 276 Å². The van der Waals surface area contributed by atoms with Crippen LogP contribution >= 0.6 is 11.6 Å². The van der Waals surface area contributed by atoms with Crippen molar-refractivity contribution in [1.29, 1.82) is 0 Å². The van der Waals surface area contributed by atoms with Crippen molar-refractivity contribution in [3.05, 3.63) is 66.1 Å². The van der Waals surface area contributed by atoms with E-state index in [9.17, 15) is 9.18 Å². The predicted molar refractivity (Wildman–Crippen MR) is 176 cm³/mol. The smallest absolute Gasteiger partial charge is 0.319 e. The zero-order chi connectivity index (χ0) is 32.3. The SMILES string of the molecule is C=CC(=O)N1CCN(c2nc(OC[C@@]34CCCN3C[C@H](F)C4)nc3c(F)c(-c4cccc5cccc(Cl)c45)ncc23)C[C@@]12CCOC2. The van der Waals surface area contributed by atoms with Gasteiger partial charge in [0, 0.05) is 61.4 Å². The first kappa shape index (κ1) is 30.4. The lowest BCUT2D eigenvalue weighted by molar-refractivity contribution is -0.133. The number of aromatic nitrogens is 3. The van der Waals surface area contributed by atoms with E-state index in [1.54, 1.807) is 18.3 Å². The molecule has 4 saturated heterocycles. The van der Waals surface area contributed by atoms with Gasteiger partial charge in [-0.25, -0.2) is 8.78 Å². The summed E-state index contributed by atoms with van der Waals surface area (Å²) in [7, 11) is 0. The highest BCUT2D eigenvalue weighted by Crippen LogP contribution is 2.42. The summed E-state index contributed by atoms with van der Waals surface area (Å²) in [6.07, 6.45) is 4.85. The van der Waals surface area contributed by atoms with Crippen LogP contribution in [0.4, 0.5) is 14.6 Å². The molecule has 4 fully saturated rings. The van der Waals surface area contributed by atoms with Crippen LogP contribution in [0.3, 0.4) is 0 Å². The highest BCUT2D eigenvalue weighted by atomic mass is 35.5. The molecule has 2 aromatic heterocycles. The fraction of sp³-hybridized carbons (Fsp3) is 0.429. The number of halogens is 3.